The van der Waals surface area contributed by atoms with Crippen LogP contribution in [0.25, 0.3) is 0 Å². The van der Waals surface area contributed by atoms with Gasteiger partial charge in [-0.3, -0.25) is 10.1 Å². The van der Waals surface area contributed by atoms with Gasteiger partial charge in [-0.25, -0.2) is 4.79 Å². The topological polar surface area (TPSA) is 62.6 Å². The number of hydrogen-bond donors (Lipinski definition) is 3. The van der Waals surface area contributed by atoms with Crippen LogP contribution in [0.2, 0.25) is 0 Å². The first-order valence-corrected chi connectivity index (χ1v) is 7.90. The van der Waals surface area contributed by atoms with Crippen LogP contribution in [0, 0.1) is 0 Å². The van der Waals surface area contributed by atoms with Crippen LogP contribution in [0.4, 0.5) is 4.79 Å². The van der Waals surface area contributed by atoms with Crippen LogP contribution in [0.15, 0.2) is 24.3 Å². The van der Waals surface area contributed by atoms with E-state index in [0.29, 0.717) is 12.5 Å². The zero-order valence-electron chi connectivity index (χ0n) is 14.0. The van der Waals surface area contributed by atoms with Crippen LogP contribution in [-0.2, 0) is 11.3 Å². The number of imide groups is 1. The molecule has 0 heterocycles. The normalized spacial score (nSPS) is 12.0. The number of hydrogen-bond acceptors (Lipinski definition) is 2. The average Bonchev–Trinajstić information content (AvgIpc) is 2.45. The third kappa shape index (κ3) is 6.72. The molecule has 3 N–H and O–H groups in total. The van der Waals surface area contributed by atoms with E-state index >= 15 is 0 Å². The van der Waals surface area contributed by atoms with Crippen LogP contribution in [-0.4, -0.2) is 32.1 Å². The molecule has 0 saturated heterocycles. The molecule has 0 spiro atoms. The molecule has 0 saturated carbocycles. The van der Waals surface area contributed by atoms with Gasteiger partial charge in [0, 0.05) is 12.1 Å². The number of benzene rings is 1. The Balaban J connectivity index is 2.40. The standard InChI is InChI=1S/C17H27N3O2/c1-5-10-18-17(22)19-16(21)12-20(4)11-14-6-8-15(9-7-14)13(2)3/h6-9,13H,5,10-12H2,1-4H3,(H2,18,19,21,22)/p+1. The van der Waals surface area contributed by atoms with Gasteiger partial charge in [-0.05, 0) is 17.9 Å². The van der Waals surface area contributed by atoms with Gasteiger partial charge in [0.15, 0.2) is 6.54 Å². The highest BCUT2D eigenvalue weighted by Crippen LogP contribution is 2.14. The third-order valence-electron chi connectivity index (χ3n) is 3.40. The number of carbonyl (C=O) groups is 2. The molecule has 3 amide bonds. The van der Waals surface area contributed by atoms with Crippen LogP contribution >= 0.6 is 0 Å². The first-order valence-electron chi connectivity index (χ1n) is 7.90. The summed E-state index contributed by atoms with van der Waals surface area (Å²) in [4.78, 5) is 24.2. The maximum absolute atomic E-state index is 11.8. The number of rotatable bonds is 7. The molecule has 0 aromatic heterocycles. The van der Waals surface area contributed by atoms with Gasteiger partial charge in [-0.2, -0.15) is 0 Å². The summed E-state index contributed by atoms with van der Waals surface area (Å²) in [5, 5.41) is 4.97. The minimum Gasteiger partial charge on any atom is -0.338 e. The maximum Gasteiger partial charge on any atom is 0.321 e. The van der Waals surface area contributed by atoms with E-state index < -0.39 is 6.03 Å². The largest absolute Gasteiger partial charge is 0.338 e. The van der Waals surface area contributed by atoms with Crippen LogP contribution in [0.1, 0.15) is 44.2 Å². The molecule has 0 aliphatic carbocycles. The fourth-order valence-corrected chi connectivity index (χ4v) is 2.16. The fraction of sp³-hybridized carbons (Fsp3) is 0.529. The maximum atomic E-state index is 11.8. The van der Waals surface area contributed by atoms with E-state index in [1.807, 2.05) is 14.0 Å². The Hall–Kier alpha value is -1.88. The second-order valence-electron chi connectivity index (χ2n) is 6.01. The van der Waals surface area contributed by atoms with Crippen molar-refractivity contribution in [3.63, 3.8) is 0 Å². The highest BCUT2D eigenvalue weighted by Gasteiger charge is 2.13. The molecule has 1 aromatic carbocycles. The Labute approximate surface area is 133 Å². The molecule has 1 rings (SSSR count). The SMILES string of the molecule is CCCNC(=O)NC(=O)C[NH+](C)Cc1ccc(C(C)C)cc1. The zero-order chi connectivity index (χ0) is 16.5. The van der Waals surface area contributed by atoms with Crippen molar-refractivity contribution in [1.29, 1.82) is 0 Å². The lowest BCUT2D eigenvalue weighted by molar-refractivity contribution is -0.885. The summed E-state index contributed by atoms with van der Waals surface area (Å²) in [6.45, 7) is 7.89. The monoisotopic (exact) mass is 306 g/mol. The van der Waals surface area contributed by atoms with Crippen LogP contribution in [0.5, 0.6) is 0 Å². The molecule has 0 fully saturated rings. The van der Waals surface area contributed by atoms with Gasteiger partial charge in [0.05, 0.1) is 7.05 Å². The van der Waals surface area contributed by atoms with Crippen molar-refractivity contribution in [3.8, 4) is 0 Å². The Morgan fingerprint density at radius 3 is 2.36 bits per heavy atom. The first kappa shape index (κ1) is 18.2. The second kappa shape index (κ2) is 9.20. The second-order valence-corrected chi connectivity index (χ2v) is 6.01. The van der Waals surface area contributed by atoms with Gasteiger partial charge in [0.25, 0.3) is 5.91 Å². The van der Waals surface area contributed by atoms with E-state index in [1.54, 1.807) is 0 Å². The molecule has 1 aromatic rings. The van der Waals surface area contributed by atoms with E-state index in [1.165, 1.54) is 11.1 Å². The number of amides is 3. The minimum atomic E-state index is -0.416. The molecule has 22 heavy (non-hydrogen) atoms. The number of likely N-dealkylation sites (N-methyl/N-ethyl adjacent to an activating group) is 1. The van der Waals surface area contributed by atoms with Gasteiger partial charge in [-0.15, -0.1) is 0 Å². The molecule has 1 unspecified atom stereocenters. The first-order chi connectivity index (χ1) is 10.4. The molecule has 5 heteroatoms. The van der Waals surface area contributed by atoms with Gasteiger partial charge in [-0.1, -0.05) is 45.0 Å². The Bertz CT molecular complexity index is 483. The predicted molar refractivity (Wildman–Crippen MR) is 87.8 cm³/mol. The number of urea groups is 1. The number of quaternary nitrogens is 1. The predicted octanol–water partition coefficient (Wildman–Crippen LogP) is 1.06. The molecule has 0 bridgehead atoms. The summed E-state index contributed by atoms with van der Waals surface area (Å²) in [5.41, 5.74) is 2.50. The lowest BCUT2D eigenvalue weighted by Crippen LogP contribution is -3.09. The molecule has 0 aliphatic heterocycles. The summed E-state index contributed by atoms with van der Waals surface area (Å²) in [6, 6.07) is 8.05. The van der Waals surface area contributed by atoms with Crippen LogP contribution < -0.4 is 15.5 Å². The van der Waals surface area contributed by atoms with E-state index in [4.69, 9.17) is 0 Å². The molecule has 5 nitrogen and oxygen atoms in total. The molecule has 0 radical (unpaired) electrons. The van der Waals surface area contributed by atoms with Crippen molar-refractivity contribution in [2.45, 2.75) is 39.7 Å². The zero-order valence-corrected chi connectivity index (χ0v) is 14.0. The van der Waals surface area contributed by atoms with E-state index in [0.717, 1.165) is 17.9 Å². The summed E-state index contributed by atoms with van der Waals surface area (Å²) in [5.74, 6) is 0.261. The average molecular weight is 306 g/mol. The van der Waals surface area contributed by atoms with Crippen molar-refractivity contribution < 1.29 is 14.5 Å². The minimum absolute atomic E-state index is 0.259. The third-order valence-corrected chi connectivity index (χ3v) is 3.40. The van der Waals surface area contributed by atoms with Gasteiger partial charge >= 0.3 is 6.03 Å². The van der Waals surface area contributed by atoms with Crippen LogP contribution in [0.3, 0.4) is 0 Å². The number of nitrogens with one attached hydrogen (secondary N) is 3. The number of carbonyl (C=O) groups excluding carboxylic acids is 2. The molecular formula is C17H28N3O2+. The Morgan fingerprint density at radius 2 is 1.82 bits per heavy atom. The molecular weight excluding hydrogens is 278 g/mol. The van der Waals surface area contributed by atoms with Crippen molar-refractivity contribution >= 4 is 11.9 Å². The molecule has 1 atom stereocenters. The van der Waals surface area contributed by atoms with Gasteiger partial charge in [0.2, 0.25) is 0 Å². The summed E-state index contributed by atoms with van der Waals surface area (Å²) in [6.07, 6.45) is 0.846. The quantitative estimate of drug-likeness (QED) is 0.705. The lowest BCUT2D eigenvalue weighted by Gasteiger charge is -2.14. The summed E-state index contributed by atoms with van der Waals surface area (Å²) >= 11 is 0. The Morgan fingerprint density at radius 1 is 1.18 bits per heavy atom. The highest BCUT2D eigenvalue weighted by atomic mass is 16.2. The fourth-order valence-electron chi connectivity index (χ4n) is 2.16. The van der Waals surface area contributed by atoms with Gasteiger partial charge < -0.3 is 10.2 Å². The van der Waals surface area contributed by atoms with E-state index in [9.17, 15) is 9.59 Å². The van der Waals surface area contributed by atoms with Crippen molar-refractivity contribution in [2.24, 2.45) is 0 Å². The Kier molecular flexibility index (Phi) is 7.60. The van der Waals surface area contributed by atoms with E-state index in [2.05, 4.69) is 48.7 Å². The summed E-state index contributed by atoms with van der Waals surface area (Å²) < 4.78 is 0. The molecule has 122 valence electrons. The van der Waals surface area contributed by atoms with E-state index in [-0.39, 0.29) is 12.5 Å². The van der Waals surface area contributed by atoms with Crippen molar-refractivity contribution in [2.75, 3.05) is 20.1 Å². The van der Waals surface area contributed by atoms with Gasteiger partial charge in [0.1, 0.15) is 6.54 Å². The molecule has 0 aliphatic rings. The van der Waals surface area contributed by atoms with Crippen molar-refractivity contribution in [3.05, 3.63) is 35.4 Å². The highest BCUT2D eigenvalue weighted by molar-refractivity contribution is 5.94. The lowest BCUT2D eigenvalue weighted by atomic mass is 10.0. The summed E-state index contributed by atoms with van der Waals surface area (Å²) in [7, 11) is 1.94. The smallest absolute Gasteiger partial charge is 0.321 e. The van der Waals surface area contributed by atoms with Crippen molar-refractivity contribution in [1.82, 2.24) is 10.6 Å².